The van der Waals surface area contributed by atoms with E-state index in [9.17, 15) is 9.67 Å². The maximum absolute atomic E-state index is 14.6. The van der Waals surface area contributed by atoms with Crippen molar-refractivity contribution >= 4 is 18.0 Å². The first-order valence-electron chi connectivity index (χ1n) is 11.5. The SMILES string of the molecule is CCCCc1ccc(O)c(P(=O)(O[C@@H]2C[C@H](C)CC[C@H]2C(C)C)c2ccccc2)c1. The lowest BCUT2D eigenvalue weighted by molar-refractivity contribution is 0.0514. The summed E-state index contributed by atoms with van der Waals surface area (Å²) in [6.45, 7) is 8.87. The molecule has 0 spiro atoms. The lowest BCUT2D eigenvalue weighted by Crippen LogP contribution is -2.36. The minimum Gasteiger partial charge on any atom is -0.507 e. The monoisotopic (exact) mass is 428 g/mol. The highest BCUT2D eigenvalue weighted by atomic mass is 31.2. The summed E-state index contributed by atoms with van der Waals surface area (Å²) in [6.07, 6.45) is 6.20. The molecule has 2 aromatic carbocycles. The number of phenolic OH excluding ortho intramolecular Hbond substituents is 1. The van der Waals surface area contributed by atoms with E-state index in [2.05, 4.69) is 27.7 Å². The van der Waals surface area contributed by atoms with Crippen LogP contribution >= 0.6 is 7.37 Å². The minimum atomic E-state index is -3.44. The molecule has 1 fully saturated rings. The van der Waals surface area contributed by atoms with Gasteiger partial charge in [-0.1, -0.05) is 64.8 Å². The number of rotatable bonds is 8. The van der Waals surface area contributed by atoms with E-state index in [-0.39, 0.29) is 11.9 Å². The second-order valence-electron chi connectivity index (χ2n) is 9.28. The van der Waals surface area contributed by atoms with Crippen LogP contribution in [-0.2, 0) is 15.5 Å². The van der Waals surface area contributed by atoms with E-state index in [4.69, 9.17) is 4.52 Å². The van der Waals surface area contributed by atoms with E-state index in [1.807, 2.05) is 42.5 Å². The van der Waals surface area contributed by atoms with Gasteiger partial charge in [-0.3, -0.25) is 4.57 Å². The third-order valence-electron chi connectivity index (χ3n) is 6.52. The number of hydrogen-bond acceptors (Lipinski definition) is 3. The Morgan fingerprint density at radius 3 is 2.53 bits per heavy atom. The molecular formula is C26H37O3P. The molecule has 0 bridgehead atoms. The molecule has 1 N–H and O–H groups in total. The fraction of sp³-hybridized carbons (Fsp3) is 0.538. The molecule has 3 nitrogen and oxygen atoms in total. The highest BCUT2D eigenvalue weighted by molar-refractivity contribution is 7.74. The Morgan fingerprint density at radius 1 is 1.13 bits per heavy atom. The van der Waals surface area contributed by atoms with Gasteiger partial charge >= 0.3 is 0 Å². The van der Waals surface area contributed by atoms with Gasteiger partial charge in [0, 0.05) is 5.30 Å². The molecule has 1 saturated carbocycles. The Bertz CT molecular complexity index is 862. The number of phenols is 1. The van der Waals surface area contributed by atoms with Gasteiger partial charge in [-0.15, -0.1) is 0 Å². The van der Waals surface area contributed by atoms with E-state index in [0.29, 0.717) is 28.4 Å². The molecule has 0 amide bonds. The smallest absolute Gasteiger partial charge is 0.265 e. The largest absolute Gasteiger partial charge is 0.507 e. The molecule has 0 radical (unpaired) electrons. The molecule has 0 heterocycles. The van der Waals surface area contributed by atoms with Crippen molar-refractivity contribution in [3.05, 3.63) is 54.1 Å². The van der Waals surface area contributed by atoms with Crippen molar-refractivity contribution in [2.24, 2.45) is 17.8 Å². The van der Waals surface area contributed by atoms with Crippen LogP contribution in [0.5, 0.6) is 5.75 Å². The van der Waals surface area contributed by atoms with Crippen LogP contribution in [-0.4, -0.2) is 11.2 Å². The molecule has 1 aliphatic carbocycles. The van der Waals surface area contributed by atoms with Crippen LogP contribution < -0.4 is 10.6 Å². The first-order valence-corrected chi connectivity index (χ1v) is 13.1. The van der Waals surface area contributed by atoms with Gasteiger partial charge in [-0.05, 0) is 73.3 Å². The first-order chi connectivity index (χ1) is 14.3. The lowest BCUT2D eigenvalue weighted by Gasteiger charge is -2.39. The zero-order chi connectivity index (χ0) is 21.7. The fourth-order valence-corrected chi connectivity index (χ4v) is 7.06. The Kier molecular flexibility index (Phi) is 7.82. The third kappa shape index (κ3) is 5.18. The third-order valence-corrected chi connectivity index (χ3v) is 9.06. The summed E-state index contributed by atoms with van der Waals surface area (Å²) in [4.78, 5) is 0. The normalized spacial score (nSPS) is 24.0. The second kappa shape index (κ2) is 10.2. The van der Waals surface area contributed by atoms with E-state index in [1.54, 1.807) is 6.07 Å². The Hall–Kier alpha value is -1.57. The van der Waals surface area contributed by atoms with Crippen LogP contribution in [0.25, 0.3) is 0 Å². The maximum atomic E-state index is 14.6. The molecule has 1 unspecified atom stereocenters. The average Bonchev–Trinajstić information content (AvgIpc) is 2.73. The predicted octanol–water partition coefficient (Wildman–Crippen LogP) is 6.44. The highest BCUT2D eigenvalue weighted by Gasteiger charge is 2.40. The van der Waals surface area contributed by atoms with Gasteiger partial charge in [-0.25, -0.2) is 0 Å². The van der Waals surface area contributed by atoms with Gasteiger partial charge in [0.1, 0.15) is 5.75 Å². The Labute approximate surface area is 182 Å². The van der Waals surface area contributed by atoms with Gasteiger partial charge in [0.15, 0.2) is 0 Å². The van der Waals surface area contributed by atoms with Gasteiger partial charge in [0.2, 0.25) is 0 Å². The van der Waals surface area contributed by atoms with Gasteiger partial charge in [-0.2, -0.15) is 0 Å². The van der Waals surface area contributed by atoms with Crippen molar-refractivity contribution in [1.82, 2.24) is 0 Å². The van der Waals surface area contributed by atoms with Gasteiger partial charge in [0.25, 0.3) is 7.37 Å². The van der Waals surface area contributed by atoms with Gasteiger partial charge < -0.3 is 9.63 Å². The Balaban J connectivity index is 2.06. The molecule has 3 rings (SSSR count). The molecule has 30 heavy (non-hydrogen) atoms. The van der Waals surface area contributed by atoms with Crippen molar-refractivity contribution in [3.63, 3.8) is 0 Å². The lowest BCUT2D eigenvalue weighted by atomic mass is 9.75. The summed E-state index contributed by atoms with van der Waals surface area (Å²) >= 11 is 0. The van der Waals surface area contributed by atoms with Crippen molar-refractivity contribution in [1.29, 1.82) is 0 Å². The summed E-state index contributed by atoms with van der Waals surface area (Å²) in [5.41, 5.74) is 1.10. The molecule has 4 atom stereocenters. The van der Waals surface area contributed by atoms with Crippen LogP contribution in [0, 0.1) is 17.8 Å². The number of aromatic hydroxyl groups is 1. The van der Waals surface area contributed by atoms with E-state index < -0.39 is 7.37 Å². The van der Waals surface area contributed by atoms with Crippen molar-refractivity contribution in [2.45, 2.75) is 72.3 Å². The standard InChI is InChI=1S/C26H37O3P/c1-5-6-10-21-14-16-24(27)26(18-21)30(28,22-11-8-7-9-12-22)29-25-17-20(4)13-15-23(25)19(2)3/h7-9,11-12,14,16,18-20,23,25,27H,5-6,10,13,15,17H2,1-4H3/t20-,23+,25-,30?/m1/s1. The van der Waals surface area contributed by atoms with E-state index >= 15 is 0 Å². The molecule has 1 aliphatic rings. The summed E-state index contributed by atoms with van der Waals surface area (Å²) in [5.74, 6) is 1.46. The fourth-order valence-electron chi connectivity index (χ4n) is 4.65. The van der Waals surface area contributed by atoms with Crippen molar-refractivity contribution in [2.75, 3.05) is 0 Å². The van der Waals surface area contributed by atoms with Crippen LogP contribution in [0.15, 0.2) is 48.5 Å². The zero-order valence-corrected chi connectivity index (χ0v) is 19.8. The average molecular weight is 429 g/mol. The quantitative estimate of drug-likeness (QED) is 0.492. The summed E-state index contributed by atoms with van der Waals surface area (Å²) in [5, 5.41) is 11.9. The molecule has 0 aliphatic heterocycles. The Morgan fingerprint density at radius 2 is 1.87 bits per heavy atom. The topological polar surface area (TPSA) is 46.5 Å². The number of unbranched alkanes of at least 4 members (excludes halogenated alkanes) is 1. The van der Waals surface area contributed by atoms with E-state index in [1.165, 1.54) is 6.42 Å². The van der Waals surface area contributed by atoms with E-state index in [0.717, 1.165) is 37.7 Å². The second-order valence-corrected chi connectivity index (χ2v) is 11.6. The molecule has 2 aromatic rings. The molecule has 4 heteroatoms. The van der Waals surface area contributed by atoms with Crippen LogP contribution in [0.1, 0.15) is 65.4 Å². The summed E-state index contributed by atoms with van der Waals surface area (Å²) < 4.78 is 21.3. The zero-order valence-electron chi connectivity index (χ0n) is 18.9. The first kappa shape index (κ1) is 23.1. The van der Waals surface area contributed by atoms with Gasteiger partial charge in [0.05, 0.1) is 11.4 Å². The van der Waals surface area contributed by atoms with Crippen LogP contribution in [0.2, 0.25) is 0 Å². The van der Waals surface area contributed by atoms with Crippen LogP contribution in [0.4, 0.5) is 0 Å². The van der Waals surface area contributed by atoms with Crippen molar-refractivity contribution in [3.8, 4) is 5.75 Å². The maximum Gasteiger partial charge on any atom is 0.265 e. The number of benzene rings is 2. The minimum absolute atomic E-state index is 0.0624. The molecule has 0 saturated heterocycles. The molecular weight excluding hydrogens is 391 g/mol. The molecule has 0 aromatic heterocycles. The van der Waals surface area contributed by atoms with Crippen molar-refractivity contribution < 1.29 is 14.2 Å². The highest BCUT2D eigenvalue weighted by Crippen LogP contribution is 2.52. The van der Waals surface area contributed by atoms with Crippen LogP contribution in [0.3, 0.4) is 0 Å². The summed E-state index contributed by atoms with van der Waals surface area (Å²) in [6, 6.07) is 15.0. The summed E-state index contributed by atoms with van der Waals surface area (Å²) in [7, 11) is -3.44. The number of aryl methyl sites for hydroxylation is 1. The molecule has 164 valence electrons. The number of hydrogen-bond donors (Lipinski definition) is 1. The predicted molar refractivity (Wildman–Crippen MR) is 126 cm³/mol.